The van der Waals surface area contributed by atoms with E-state index in [-0.39, 0.29) is 11.1 Å². The Kier molecular flexibility index (Phi) is 5.38. The molecule has 0 radical (unpaired) electrons. The smallest absolute Gasteiger partial charge is 0.232 e. The maximum absolute atomic E-state index is 9.25. The highest BCUT2D eigenvalue weighted by Crippen LogP contribution is 2.27. The van der Waals surface area contributed by atoms with Crippen molar-refractivity contribution in [3.63, 3.8) is 0 Å². The summed E-state index contributed by atoms with van der Waals surface area (Å²) in [4.78, 5) is 4.26. The number of nitriles is 1. The number of anilines is 1. The summed E-state index contributed by atoms with van der Waals surface area (Å²) in [6.07, 6.45) is 0. The van der Waals surface area contributed by atoms with Gasteiger partial charge in [0, 0.05) is 17.0 Å². The van der Waals surface area contributed by atoms with E-state index in [0.717, 1.165) is 17.1 Å². The van der Waals surface area contributed by atoms with E-state index in [9.17, 15) is 5.26 Å². The predicted octanol–water partition coefficient (Wildman–Crippen LogP) is 5.90. The molecule has 0 atom stereocenters. The first-order valence-corrected chi connectivity index (χ1v) is 8.90. The lowest BCUT2D eigenvalue weighted by Gasteiger charge is -2.12. The lowest BCUT2D eigenvalue weighted by molar-refractivity contribution is 0.399. The van der Waals surface area contributed by atoms with Crippen LogP contribution in [0.5, 0.6) is 11.5 Å². The molecule has 1 heterocycles. The van der Waals surface area contributed by atoms with E-state index in [2.05, 4.69) is 16.4 Å². The average Bonchev–Trinajstić information content (AvgIpc) is 3.07. The van der Waals surface area contributed by atoms with E-state index in [1.807, 2.05) is 57.2 Å². The molecule has 0 unspecified atom stereocenters. The highest BCUT2D eigenvalue weighted by atomic mass is 35.5. The van der Waals surface area contributed by atoms with Crippen LogP contribution in [-0.2, 0) is 12.0 Å². The normalized spacial score (nSPS) is 11.1. The van der Waals surface area contributed by atoms with Gasteiger partial charge in [-0.3, -0.25) is 0 Å². The van der Waals surface area contributed by atoms with Crippen molar-refractivity contribution in [3.05, 3.63) is 70.7 Å². The fourth-order valence-electron chi connectivity index (χ4n) is 2.33. The molecule has 1 N–H and O–H groups in total. The lowest BCUT2D eigenvalue weighted by atomic mass is 9.97. The van der Waals surface area contributed by atoms with E-state index in [0.29, 0.717) is 23.3 Å². The lowest BCUT2D eigenvalue weighted by Crippen LogP contribution is -2.11. The maximum atomic E-state index is 9.25. The molecule has 0 aliphatic heterocycles. The standard InChI is InChI=1S/C21H20ClN3O2/c1-21(2,3)20-25-18(12-23)19(27-20)24-13-14-4-8-16(9-5-14)26-17-10-6-15(22)7-11-17/h4-11,24H,13H2,1-3H3. The molecule has 0 aliphatic carbocycles. The second kappa shape index (κ2) is 7.73. The molecule has 27 heavy (non-hydrogen) atoms. The Morgan fingerprint density at radius 3 is 2.22 bits per heavy atom. The molecule has 6 heteroatoms. The van der Waals surface area contributed by atoms with Gasteiger partial charge in [-0.2, -0.15) is 10.2 Å². The SMILES string of the molecule is CC(C)(C)c1nc(C#N)c(NCc2ccc(Oc3ccc(Cl)cc3)cc2)o1. The van der Waals surface area contributed by atoms with E-state index in [1.165, 1.54) is 0 Å². The molecule has 3 aromatic rings. The monoisotopic (exact) mass is 381 g/mol. The Bertz CT molecular complexity index is 949. The van der Waals surface area contributed by atoms with Crippen molar-refractivity contribution in [3.8, 4) is 17.6 Å². The molecule has 0 fully saturated rings. The van der Waals surface area contributed by atoms with Crippen LogP contribution in [0.2, 0.25) is 5.02 Å². The van der Waals surface area contributed by atoms with Gasteiger partial charge in [0.2, 0.25) is 17.5 Å². The first-order chi connectivity index (χ1) is 12.8. The van der Waals surface area contributed by atoms with Crippen LogP contribution in [0.1, 0.15) is 37.9 Å². The second-order valence-electron chi connectivity index (χ2n) is 7.11. The number of hydrogen-bond acceptors (Lipinski definition) is 5. The quantitative estimate of drug-likeness (QED) is 0.595. The Morgan fingerprint density at radius 2 is 1.67 bits per heavy atom. The van der Waals surface area contributed by atoms with Crippen molar-refractivity contribution >= 4 is 17.5 Å². The van der Waals surface area contributed by atoms with Crippen molar-refractivity contribution < 1.29 is 9.15 Å². The van der Waals surface area contributed by atoms with Crippen molar-refractivity contribution in [2.45, 2.75) is 32.7 Å². The van der Waals surface area contributed by atoms with Gasteiger partial charge in [-0.1, -0.05) is 44.5 Å². The summed E-state index contributed by atoms with van der Waals surface area (Å²) in [6.45, 7) is 6.48. The summed E-state index contributed by atoms with van der Waals surface area (Å²) in [5.41, 5.74) is 1.03. The van der Waals surface area contributed by atoms with Gasteiger partial charge < -0.3 is 14.5 Å². The molecule has 0 saturated heterocycles. The van der Waals surface area contributed by atoms with Gasteiger partial charge in [-0.25, -0.2) is 0 Å². The number of oxazole rings is 1. The third-order valence-corrected chi connectivity index (χ3v) is 4.05. The molecule has 138 valence electrons. The van der Waals surface area contributed by atoms with Gasteiger partial charge in [0.15, 0.2) is 0 Å². The summed E-state index contributed by atoms with van der Waals surface area (Å²) < 4.78 is 11.5. The minimum Gasteiger partial charge on any atom is -0.457 e. The van der Waals surface area contributed by atoms with Crippen LogP contribution in [0, 0.1) is 11.3 Å². The van der Waals surface area contributed by atoms with Crippen LogP contribution in [-0.4, -0.2) is 4.98 Å². The summed E-state index contributed by atoms with van der Waals surface area (Å²) in [7, 11) is 0. The Morgan fingerprint density at radius 1 is 1.07 bits per heavy atom. The van der Waals surface area contributed by atoms with Gasteiger partial charge in [0.1, 0.15) is 17.6 Å². The minimum absolute atomic E-state index is 0.258. The molecular weight excluding hydrogens is 362 g/mol. The molecule has 0 saturated carbocycles. The van der Waals surface area contributed by atoms with Crippen LogP contribution in [0.25, 0.3) is 0 Å². The van der Waals surface area contributed by atoms with Crippen molar-refractivity contribution in [2.75, 3.05) is 5.32 Å². The molecule has 1 aromatic heterocycles. The average molecular weight is 382 g/mol. The maximum Gasteiger partial charge on any atom is 0.232 e. The molecule has 0 spiro atoms. The first kappa shape index (κ1) is 18.8. The Balaban J connectivity index is 1.64. The zero-order valence-corrected chi connectivity index (χ0v) is 16.2. The van der Waals surface area contributed by atoms with Crippen LogP contribution < -0.4 is 10.1 Å². The number of halogens is 1. The van der Waals surface area contributed by atoms with Gasteiger partial charge in [-0.05, 0) is 42.0 Å². The van der Waals surface area contributed by atoms with E-state index < -0.39 is 0 Å². The first-order valence-electron chi connectivity index (χ1n) is 8.53. The molecular formula is C21H20ClN3O2. The number of nitrogens with one attached hydrogen (secondary N) is 1. The summed E-state index contributed by atoms with van der Waals surface area (Å²) in [6, 6.07) is 16.9. The van der Waals surface area contributed by atoms with Crippen molar-refractivity contribution in [2.24, 2.45) is 0 Å². The van der Waals surface area contributed by atoms with Crippen LogP contribution in [0.15, 0.2) is 52.9 Å². The fourth-order valence-corrected chi connectivity index (χ4v) is 2.46. The third-order valence-electron chi connectivity index (χ3n) is 3.80. The largest absolute Gasteiger partial charge is 0.457 e. The number of ether oxygens (including phenoxy) is 1. The van der Waals surface area contributed by atoms with Gasteiger partial charge in [0.05, 0.1) is 0 Å². The number of nitrogens with zero attached hydrogens (tertiary/aromatic N) is 2. The number of hydrogen-bond donors (Lipinski definition) is 1. The predicted molar refractivity (Wildman–Crippen MR) is 105 cm³/mol. The van der Waals surface area contributed by atoms with Crippen LogP contribution >= 0.6 is 11.6 Å². The molecule has 2 aromatic carbocycles. The van der Waals surface area contributed by atoms with Gasteiger partial charge in [-0.15, -0.1) is 0 Å². The zero-order chi connectivity index (χ0) is 19.4. The second-order valence-corrected chi connectivity index (χ2v) is 7.55. The van der Waals surface area contributed by atoms with Crippen LogP contribution in [0.3, 0.4) is 0 Å². The molecule has 5 nitrogen and oxygen atoms in total. The molecule has 3 rings (SSSR count). The Labute approximate surface area is 163 Å². The van der Waals surface area contributed by atoms with E-state index in [1.54, 1.807) is 12.1 Å². The Hall–Kier alpha value is -2.97. The fraction of sp³-hybridized carbons (Fsp3) is 0.238. The third kappa shape index (κ3) is 4.81. The molecule has 0 amide bonds. The van der Waals surface area contributed by atoms with E-state index in [4.69, 9.17) is 20.8 Å². The van der Waals surface area contributed by atoms with Crippen molar-refractivity contribution in [1.82, 2.24) is 4.98 Å². The molecule has 0 bridgehead atoms. The summed E-state index contributed by atoms with van der Waals surface area (Å²) in [5, 5.41) is 13.1. The van der Waals surface area contributed by atoms with Gasteiger partial charge >= 0.3 is 0 Å². The zero-order valence-electron chi connectivity index (χ0n) is 15.4. The highest BCUT2D eigenvalue weighted by molar-refractivity contribution is 6.30. The number of aromatic nitrogens is 1. The molecule has 0 aliphatic rings. The van der Waals surface area contributed by atoms with Crippen LogP contribution in [0.4, 0.5) is 5.88 Å². The van der Waals surface area contributed by atoms with Crippen molar-refractivity contribution in [1.29, 1.82) is 5.26 Å². The minimum atomic E-state index is -0.258. The summed E-state index contributed by atoms with van der Waals surface area (Å²) in [5.74, 6) is 2.38. The van der Waals surface area contributed by atoms with Gasteiger partial charge in [0.25, 0.3) is 0 Å². The number of rotatable bonds is 5. The number of benzene rings is 2. The van der Waals surface area contributed by atoms with E-state index >= 15 is 0 Å². The summed E-state index contributed by atoms with van der Waals surface area (Å²) >= 11 is 5.87. The topological polar surface area (TPSA) is 71.1 Å². The highest BCUT2D eigenvalue weighted by Gasteiger charge is 2.23.